The molecule has 5 heteroatoms. The number of aliphatic hydroxyl groups is 2. The molecule has 0 saturated heterocycles. The number of aliphatic hydroxyl groups excluding tert-OH is 2. The van der Waals surface area contributed by atoms with Gasteiger partial charge in [-0.1, -0.05) is 55.5 Å². The van der Waals surface area contributed by atoms with Crippen LogP contribution in [0.5, 0.6) is 0 Å². The lowest BCUT2D eigenvalue weighted by atomic mass is 9.95. The van der Waals surface area contributed by atoms with Crippen molar-refractivity contribution < 1.29 is 10.2 Å². The largest absolute Gasteiger partial charge is 0.394 e. The van der Waals surface area contributed by atoms with Crippen molar-refractivity contribution in [1.29, 1.82) is 0 Å². The monoisotopic (exact) mass is 391 g/mol. The zero-order valence-corrected chi connectivity index (χ0v) is 16.8. The van der Waals surface area contributed by atoms with Crippen LogP contribution in [0.3, 0.4) is 0 Å². The summed E-state index contributed by atoms with van der Waals surface area (Å²) in [5, 5.41) is 27.5. The van der Waals surface area contributed by atoms with Crippen LogP contribution in [-0.4, -0.2) is 34.7 Å². The van der Waals surface area contributed by atoms with Gasteiger partial charge in [0, 0.05) is 11.4 Å². The number of hydrogen-bond donors (Lipinski definition) is 3. The molecule has 0 saturated carbocycles. The second-order valence-corrected chi connectivity index (χ2v) is 7.84. The van der Waals surface area contributed by atoms with Crippen LogP contribution in [0.25, 0.3) is 21.5 Å². The first-order chi connectivity index (χ1) is 12.1. The highest BCUT2D eigenvalue weighted by atomic mass is 35.5. The molecule has 0 amide bonds. The molecule has 0 radical (unpaired) electrons. The summed E-state index contributed by atoms with van der Waals surface area (Å²) >= 11 is 1.88. The summed E-state index contributed by atoms with van der Waals surface area (Å²) < 4.78 is 0. The third-order valence-electron chi connectivity index (χ3n) is 4.67. The summed E-state index contributed by atoms with van der Waals surface area (Å²) in [5.41, 5.74) is 0.513. The highest BCUT2D eigenvalue weighted by Gasteiger charge is 2.22. The van der Waals surface area contributed by atoms with E-state index in [4.69, 9.17) is 0 Å². The normalized spacial score (nSPS) is 11.7. The zero-order valence-electron chi connectivity index (χ0n) is 15.2. The maximum Gasteiger partial charge on any atom is 0.0633 e. The molecule has 0 fully saturated rings. The van der Waals surface area contributed by atoms with E-state index in [1.165, 1.54) is 32.0 Å². The van der Waals surface area contributed by atoms with Gasteiger partial charge in [-0.3, -0.25) is 0 Å². The van der Waals surface area contributed by atoms with Crippen LogP contribution < -0.4 is 5.32 Å². The second-order valence-electron chi connectivity index (χ2n) is 6.56. The number of fused-ring (bicyclic) bond motifs is 2. The average molecular weight is 392 g/mol. The number of nitrogens with one attached hydrogen (secondary N) is 1. The van der Waals surface area contributed by atoms with Crippen molar-refractivity contribution in [2.45, 2.75) is 30.8 Å². The summed E-state index contributed by atoms with van der Waals surface area (Å²) in [4.78, 5) is 1.32. The van der Waals surface area contributed by atoms with E-state index in [-0.39, 0.29) is 25.6 Å². The number of benzene rings is 3. The average Bonchev–Trinajstić information content (AvgIpc) is 2.67. The van der Waals surface area contributed by atoms with Gasteiger partial charge in [0.25, 0.3) is 0 Å². The Morgan fingerprint density at radius 3 is 1.77 bits per heavy atom. The Hall–Kier alpha value is -1.30. The maximum atomic E-state index is 9.58. The standard InChI is InChI=1S/C21H25NO2S.ClH/c1-3-25-20-17-10-6-4-8-15(17)19(12-22-21(2,13-23)14-24)16-9-5-7-11-18(16)20;/h4-11,22-24H,3,12-14H2,1-2H3;1H. The Morgan fingerprint density at radius 2 is 1.35 bits per heavy atom. The molecular formula is C21H26ClNO2S. The number of halogens is 1. The summed E-state index contributed by atoms with van der Waals surface area (Å²) in [6.45, 7) is 4.39. The van der Waals surface area contributed by atoms with E-state index in [1.54, 1.807) is 0 Å². The molecule has 3 aromatic rings. The van der Waals surface area contributed by atoms with E-state index in [2.05, 4.69) is 60.8 Å². The molecule has 0 aliphatic heterocycles. The van der Waals surface area contributed by atoms with E-state index < -0.39 is 5.54 Å². The SMILES string of the molecule is CCSc1c2ccccc2c(CNC(C)(CO)CO)c2ccccc12.Cl. The second kappa shape index (κ2) is 9.07. The highest BCUT2D eigenvalue weighted by Crippen LogP contribution is 2.38. The Morgan fingerprint density at radius 1 is 0.885 bits per heavy atom. The first-order valence-electron chi connectivity index (χ1n) is 8.65. The van der Waals surface area contributed by atoms with Crippen molar-refractivity contribution >= 4 is 45.7 Å². The molecule has 3 N–H and O–H groups in total. The predicted molar refractivity (Wildman–Crippen MR) is 115 cm³/mol. The fourth-order valence-corrected chi connectivity index (χ4v) is 4.09. The van der Waals surface area contributed by atoms with Gasteiger partial charge in [0.2, 0.25) is 0 Å². The van der Waals surface area contributed by atoms with Crippen LogP contribution in [0.2, 0.25) is 0 Å². The quantitative estimate of drug-likeness (QED) is 0.413. The van der Waals surface area contributed by atoms with E-state index in [0.29, 0.717) is 6.54 Å². The Kier molecular flexibility index (Phi) is 7.33. The minimum Gasteiger partial charge on any atom is -0.394 e. The Labute approximate surface area is 165 Å². The summed E-state index contributed by atoms with van der Waals surface area (Å²) in [7, 11) is 0. The van der Waals surface area contributed by atoms with Gasteiger partial charge in [0.15, 0.2) is 0 Å². The third-order valence-corrected chi connectivity index (χ3v) is 5.69. The molecule has 0 aliphatic carbocycles. The van der Waals surface area contributed by atoms with Crippen molar-refractivity contribution in [2.75, 3.05) is 19.0 Å². The van der Waals surface area contributed by atoms with Crippen molar-refractivity contribution in [3.05, 3.63) is 54.1 Å². The highest BCUT2D eigenvalue weighted by molar-refractivity contribution is 7.99. The van der Waals surface area contributed by atoms with Crippen LogP contribution in [0.15, 0.2) is 53.4 Å². The number of hydrogen-bond acceptors (Lipinski definition) is 4. The summed E-state index contributed by atoms with van der Waals surface area (Å²) in [6, 6.07) is 17.0. The molecular weight excluding hydrogens is 366 g/mol. The molecule has 0 aliphatic rings. The fourth-order valence-electron chi connectivity index (χ4n) is 3.13. The van der Waals surface area contributed by atoms with Gasteiger partial charge in [0.1, 0.15) is 0 Å². The lowest BCUT2D eigenvalue weighted by molar-refractivity contribution is 0.103. The van der Waals surface area contributed by atoms with Crippen LogP contribution in [0, 0.1) is 0 Å². The minimum atomic E-state index is -0.695. The van der Waals surface area contributed by atoms with Gasteiger partial charge >= 0.3 is 0 Å². The first kappa shape index (κ1) is 21.0. The summed E-state index contributed by atoms with van der Waals surface area (Å²) in [5.74, 6) is 1.03. The number of rotatable bonds is 7. The van der Waals surface area contributed by atoms with Crippen LogP contribution in [0.4, 0.5) is 0 Å². The maximum absolute atomic E-state index is 9.58. The number of thioether (sulfide) groups is 1. The lowest BCUT2D eigenvalue weighted by Gasteiger charge is -2.27. The van der Waals surface area contributed by atoms with E-state index >= 15 is 0 Å². The zero-order chi connectivity index (χ0) is 17.9. The predicted octanol–water partition coefficient (Wildman–Crippen LogP) is 4.36. The molecule has 3 aromatic carbocycles. The van der Waals surface area contributed by atoms with E-state index in [0.717, 1.165) is 5.75 Å². The molecule has 0 atom stereocenters. The molecule has 0 unspecified atom stereocenters. The van der Waals surface area contributed by atoms with E-state index in [1.807, 2.05) is 18.7 Å². The van der Waals surface area contributed by atoms with Gasteiger partial charge in [0.05, 0.1) is 18.8 Å². The fraction of sp³-hybridized carbons (Fsp3) is 0.333. The van der Waals surface area contributed by atoms with Crippen LogP contribution in [-0.2, 0) is 6.54 Å². The molecule has 0 spiro atoms. The Balaban J connectivity index is 0.00000243. The van der Waals surface area contributed by atoms with Gasteiger partial charge in [-0.05, 0) is 39.8 Å². The molecule has 0 heterocycles. The Bertz CT molecular complexity index is 823. The topological polar surface area (TPSA) is 52.5 Å². The van der Waals surface area contributed by atoms with Gasteiger partial charge in [-0.2, -0.15) is 0 Å². The van der Waals surface area contributed by atoms with E-state index in [9.17, 15) is 10.2 Å². The van der Waals surface area contributed by atoms with Crippen LogP contribution in [0.1, 0.15) is 19.4 Å². The molecule has 3 nitrogen and oxygen atoms in total. The third kappa shape index (κ3) is 4.00. The molecule has 26 heavy (non-hydrogen) atoms. The smallest absolute Gasteiger partial charge is 0.0633 e. The van der Waals surface area contributed by atoms with Crippen molar-refractivity contribution in [1.82, 2.24) is 5.32 Å². The van der Waals surface area contributed by atoms with Gasteiger partial charge < -0.3 is 15.5 Å². The molecule has 140 valence electrons. The van der Waals surface area contributed by atoms with Crippen molar-refractivity contribution in [3.63, 3.8) is 0 Å². The van der Waals surface area contributed by atoms with Gasteiger partial charge in [-0.25, -0.2) is 0 Å². The minimum absolute atomic E-state index is 0. The van der Waals surface area contributed by atoms with Crippen molar-refractivity contribution in [2.24, 2.45) is 0 Å². The molecule has 0 bridgehead atoms. The molecule has 3 rings (SSSR count). The lowest BCUT2D eigenvalue weighted by Crippen LogP contribution is -2.48. The first-order valence-corrected chi connectivity index (χ1v) is 9.64. The van der Waals surface area contributed by atoms with Crippen LogP contribution >= 0.6 is 24.2 Å². The summed E-state index contributed by atoms with van der Waals surface area (Å²) in [6.07, 6.45) is 0. The van der Waals surface area contributed by atoms with Gasteiger partial charge in [-0.15, -0.1) is 24.2 Å². The van der Waals surface area contributed by atoms with Crippen molar-refractivity contribution in [3.8, 4) is 0 Å². The molecule has 0 aromatic heterocycles.